The Morgan fingerprint density at radius 3 is 2.11 bits per heavy atom. The molecule has 0 spiro atoms. The molecule has 8 aromatic rings. The zero-order valence-corrected chi connectivity index (χ0v) is 25.5. The lowest BCUT2D eigenvalue weighted by Crippen LogP contribution is -2.08. The third-order valence-electron chi connectivity index (χ3n) is 9.04. The van der Waals surface area contributed by atoms with Gasteiger partial charge in [0, 0.05) is 27.8 Å². The minimum absolute atomic E-state index is 0.0508. The van der Waals surface area contributed by atoms with Gasteiger partial charge in [-0.3, -0.25) is 0 Å². The van der Waals surface area contributed by atoms with E-state index >= 15 is 0 Å². The minimum atomic E-state index is 0.0508. The fourth-order valence-electron chi connectivity index (χ4n) is 6.66. The Hall–Kier alpha value is -6.13. The molecular formula is C43H29N3O. The van der Waals surface area contributed by atoms with Gasteiger partial charge in [-0.1, -0.05) is 133 Å². The fraction of sp³-hybridized carbons (Fsp3) is 0.0465. The van der Waals surface area contributed by atoms with E-state index in [1.807, 2.05) is 18.2 Å². The number of aromatic nitrogens is 3. The lowest BCUT2D eigenvalue weighted by atomic mass is 9.93. The predicted molar refractivity (Wildman–Crippen MR) is 192 cm³/mol. The second kappa shape index (κ2) is 11.3. The highest BCUT2D eigenvalue weighted by Crippen LogP contribution is 2.43. The molecule has 2 aromatic heterocycles. The number of para-hydroxylation sites is 1. The highest BCUT2D eigenvalue weighted by Gasteiger charge is 2.23. The summed E-state index contributed by atoms with van der Waals surface area (Å²) in [4.78, 5) is 15.6. The maximum Gasteiger partial charge on any atom is 0.165 e. The van der Waals surface area contributed by atoms with Gasteiger partial charge in [0.1, 0.15) is 17.0 Å². The van der Waals surface area contributed by atoms with Crippen molar-refractivity contribution in [1.29, 1.82) is 0 Å². The fourth-order valence-corrected chi connectivity index (χ4v) is 6.66. The van der Waals surface area contributed by atoms with Crippen molar-refractivity contribution < 1.29 is 4.42 Å². The van der Waals surface area contributed by atoms with E-state index in [1.54, 1.807) is 0 Å². The molecule has 1 aliphatic carbocycles. The lowest BCUT2D eigenvalue weighted by Gasteiger charge is -2.17. The predicted octanol–water partition coefficient (Wildman–Crippen LogP) is 11.2. The van der Waals surface area contributed by atoms with Gasteiger partial charge in [0.2, 0.25) is 0 Å². The van der Waals surface area contributed by atoms with Crippen LogP contribution in [0, 0.1) is 0 Å². The lowest BCUT2D eigenvalue weighted by molar-refractivity contribution is 0.669. The number of nitrogens with zero attached hydrogens (tertiary/aromatic N) is 3. The molecule has 47 heavy (non-hydrogen) atoms. The molecule has 9 rings (SSSR count). The second-order valence-corrected chi connectivity index (χ2v) is 12.0. The largest absolute Gasteiger partial charge is 0.456 e. The Kier molecular flexibility index (Phi) is 6.57. The van der Waals surface area contributed by atoms with Crippen LogP contribution in [0.1, 0.15) is 18.2 Å². The average molecular weight is 604 g/mol. The normalized spacial score (nSPS) is 14.3. The number of fused-ring (bicyclic) bond motifs is 4. The van der Waals surface area contributed by atoms with Crippen LogP contribution >= 0.6 is 0 Å². The van der Waals surface area contributed by atoms with Crippen LogP contribution in [0.15, 0.2) is 162 Å². The standard InChI is InChI=1S/C43H29N3O/c1-3-11-28(12-4-1)30-19-22-31(23-20-30)35-25-26-38-39(36-17-9-10-18-37(36)47-38)40(35)43-45-41(32-14-5-2-6-15-32)44-42(46-43)34-24-21-29-13-7-8-16-33(29)27-34/h1-14,16-27,32H,15H2. The van der Waals surface area contributed by atoms with E-state index in [0.29, 0.717) is 11.6 Å². The molecule has 0 fully saturated rings. The van der Waals surface area contributed by atoms with Gasteiger partial charge in [-0.2, -0.15) is 0 Å². The van der Waals surface area contributed by atoms with Gasteiger partial charge in [-0.25, -0.2) is 15.0 Å². The topological polar surface area (TPSA) is 51.8 Å². The van der Waals surface area contributed by atoms with Crippen LogP contribution in [0.4, 0.5) is 0 Å². The van der Waals surface area contributed by atoms with E-state index in [4.69, 9.17) is 19.4 Å². The number of rotatable bonds is 5. The molecule has 1 aliphatic rings. The summed E-state index contributed by atoms with van der Waals surface area (Å²) in [6, 6.07) is 46.4. The SMILES string of the molecule is C1=CCC(c2nc(-c3ccc4ccccc4c3)nc(-c3c(-c4ccc(-c5ccccc5)cc4)ccc4oc5ccccc5c34)n2)C=C1. The number of allylic oxidation sites excluding steroid dienone is 4. The van der Waals surface area contributed by atoms with Crippen molar-refractivity contribution >= 4 is 32.7 Å². The molecule has 0 bridgehead atoms. The summed E-state index contributed by atoms with van der Waals surface area (Å²) >= 11 is 0. The van der Waals surface area contributed by atoms with Crippen LogP contribution in [0.5, 0.6) is 0 Å². The minimum Gasteiger partial charge on any atom is -0.456 e. The monoisotopic (exact) mass is 603 g/mol. The first-order valence-electron chi connectivity index (χ1n) is 16.0. The maximum atomic E-state index is 6.40. The first-order valence-corrected chi connectivity index (χ1v) is 16.0. The Labute approximate surface area is 272 Å². The van der Waals surface area contributed by atoms with Gasteiger partial charge in [0.15, 0.2) is 11.6 Å². The van der Waals surface area contributed by atoms with Gasteiger partial charge >= 0.3 is 0 Å². The van der Waals surface area contributed by atoms with E-state index in [9.17, 15) is 0 Å². The zero-order valence-electron chi connectivity index (χ0n) is 25.5. The molecule has 0 aliphatic heterocycles. The molecule has 0 N–H and O–H groups in total. The third kappa shape index (κ3) is 4.91. The Morgan fingerprint density at radius 1 is 0.532 bits per heavy atom. The molecule has 1 atom stereocenters. The second-order valence-electron chi connectivity index (χ2n) is 12.0. The Morgan fingerprint density at radius 2 is 1.26 bits per heavy atom. The Balaban J connectivity index is 1.30. The van der Waals surface area contributed by atoms with Crippen molar-refractivity contribution in [1.82, 2.24) is 15.0 Å². The summed E-state index contributed by atoms with van der Waals surface area (Å²) in [5.41, 5.74) is 8.04. The van der Waals surface area contributed by atoms with E-state index < -0.39 is 0 Å². The molecule has 0 saturated carbocycles. The highest BCUT2D eigenvalue weighted by atomic mass is 16.3. The van der Waals surface area contributed by atoms with Crippen LogP contribution in [0.3, 0.4) is 0 Å². The van der Waals surface area contributed by atoms with Crippen molar-refractivity contribution in [2.45, 2.75) is 12.3 Å². The molecule has 2 heterocycles. The molecule has 0 amide bonds. The third-order valence-corrected chi connectivity index (χ3v) is 9.04. The molecule has 0 radical (unpaired) electrons. The summed E-state index contributed by atoms with van der Waals surface area (Å²) in [6.45, 7) is 0. The maximum absolute atomic E-state index is 6.40. The van der Waals surface area contributed by atoms with Crippen molar-refractivity contribution in [2.24, 2.45) is 0 Å². The van der Waals surface area contributed by atoms with Crippen LogP contribution in [0.25, 0.3) is 77.7 Å². The zero-order chi connectivity index (χ0) is 31.2. The Bertz CT molecular complexity index is 2490. The van der Waals surface area contributed by atoms with Gasteiger partial charge in [0.05, 0.1) is 0 Å². The summed E-state index contributed by atoms with van der Waals surface area (Å²) in [5.74, 6) is 2.11. The van der Waals surface area contributed by atoms with Crippen LogP contribution < -0.4 is 0 Å². The number of benzene rings is 6. The van der Waals surface area contributed by atoms with E-state index in [2.05, 4.69) is 140 Å². The molecule has 1 unspecified atom stereocenters. The number of hydrogen-bond acceptors (Lipinski definition) is 4. The van der Waals surface area contributed by atoms with Crippen LogP contribution in [-0.2, 0) is 0 Å². The highest BCUT2D eigenvalue weighted by molar-refractivity contribution is 6.15. The van der Waals surface area contributed by atoms with Crippen LogP contribution in [0.2, 0.25) is 0 Å². The first kappa shape index (κ1) is 27.2. The van der Waals surface area contributed by atoms with E-state index in [1.165, 1.54) is 16.5 Å². The summed E-state index contributed by atoms with van der Waals surface area (Å²) in [5, 5.41) is 4.37. The van der Waals surface area contributed by atoms with E-state index in [-0.39, 0.29) is 5.92 Å². The van der Waals surface area contributed by atoms with Crippen molar-refractivity contribution in [3.05, 3.63) is 164 Å². The van der Waals surface area contributed by atoms with Gasteiger partial charge in [0.25, 0.3) is 0 Å². The summed E-state index contributed by atoms with van der Waals surface area (Å²) in [7, 11) is 0. The summed E-state index contributed by atoms with van der Waals surface area (Å²) in [6.07, 6.45) is 9.35. The molecular weight excluding hydrogens is 574 g/mol. The molecule has 4 heteroatoms. The van der Waals surface area contributed by atoms with Crippen molar-refractivity contribution in [3.63, 3.8) is 0 Å². The molecule has 222 valence electrons. The molecule has 6 aromatic carbocycles. The number of hydrogen-bond donors (Lipinski definition) is 0. The van der Waals surface area contributed by atoms with Crippen LogP contribution in [-0.4, -0.2) is 15.0 Å². The first-order chi connectivity index (χ1) is 23.3. The molecule has 0 saturated heterocycles. The van der Waals surface area contributed by atoms with E-state index in [0.717, 1.165) is 61.8 Å². The molecule has 4 nitrogen and oxygen atoms in total. The summed E-state index contributed by atoms with van der Waals surface area (Å²) < 4.78 is 6.40. The quantitative estimate of drug-likeness (QED) is 0.196. The van der Waals surface area contributed by atoms with Crippen molar-refractivity contribution in [2.75, 3.05) is 0 Å². The van der Waals surface area contributed by atoms with Gasteiger partial charge in [-0.05, 0) is 63.7 Å². The van der Waals surface area contributed by atoms with Gasteiger partial charge in [-0.15, -0.1) is 0 Å². The average Bonchev–Trinajstić information content (AvgIpc) is 3.54. The number of furan rings is 1. The van der Waals surface area contributed by atoms with Crippen molar-refractivity contribution in [3.8, 4) is 45.0 Å². The van der Waals surface area contributed by atoms with Gasteiger partial charge < -0.3 is 4.42 Å². The smallest absolute Gasteiger partial charge is 0.165 e.